The standard InChI is InChI=1S/C25H46N2O3/c1-21(27-17-13-25(14-18-27)10-6-23(28-3)20-30-25)7-19-29-22-4-8-24(9-5-22)11-15-26(2)16-12-24/h21-23H,4-20H2,1-3H3. The number of methoxy groups -OCH3 is 1. The van der Waals surface area contributed by atoms with Gasteiger partial charge in [-0.25, -0.2) is 0 Å². The zero-order chi connectivity index (χ0) is 21.0. The van der Waals surface area contributed by atoms with Crippen molar-refractivity contribution in [2.24, 2.45) is 5.41 Å². The number of ether oxygens (including phenoxy) is 3. The number of rotatable bonds is 6. The van der Waals surface area contributed by atoms with Gasteiger partial charge in [0.25, 0.3) is 0 Å². The Morgan fingerprint density at radius 1 is 0.900 bits per heavy atom. The smallest absolute Gasteiger partial charge is 0.0806 e. The largest absolute Gasteiger partial charge is 0.379 e. The zero-order valence-electron chi connectivity index (χ0n) is 19.9. The minimum absolute atomic E-state index is 0.133. The van der Waals surface area contributed by atoms with Crippen LogP contribution in [0.2, 0.25) is 0 Å². The maximum atomic E-state index is 6.36. The van der Waals surface area contributed by atoms with E-state index in [4.69, 9.17) is 14.2 Å². The van der Waals surface area contributed by atoms with Crippen LogP contribution in [0.15, 0.2) is 0 Å². The van der Waals surface area contributed by atoms with Crippen molar-refractivity contribution in [2.45, 2.75) is 101 Å². The van der Waals surface area contributed by atoms with Crippen molar-refractivity contribution in [1.29, 1.82) is 0 Å². The van der Waals surface area contributed by atoms with Gasteiger partial charge in [-0.15, -0.1) is 0 Å². The van der Waals surface area contributed by atoms with E-state index in [2.05, 4.69) is 23.8 Å². The second kappa shape index (κ2) is 10.2. The van der Waals surface area contributed by atoms with Gasteiger partial charge < -0.3 is 24.0 Å². The Hall–Kier alpha value is -0.200. The highest BCUT2D eigenvalue weighted by Gasteiger charge is 2.40. The van der Waals surface area contributed by atoms with Crippen LogP contribution in [0.3, 0.4) is 0 Å². The first kappa shape index (κ1) is 23.0. The minimum atomic E-state index is 0.133. The van der Waals surface area contributed by atoms with Gasteiger partial charge in [-0.2, -0.15) is 0 Å². The monoisotopic (exact) mass is 422 g/mol. The topological polar surface area (TPSA) is 34.2 Å². The maximum Gasteiger partial charge on any atom is 0.0806 e. The molecular weight excluding hydrogens is 376 g/mol. The Balaban J connectivity index is 1.11. The third-order valence-corrected chi connectivity index (χ3v) is 9.09. The third kappa shape index (κ3) is 5.58. The molecule has 0 aromatic heterocycles. The van der Waals surface area contributed by atoms with Gasteiger partial charge in [0.2, 0.25) is 0 Å². The van der Waals surface area contributed by atoms with Crippen molar-refractivity contribution in [3.05, 3.63) is 0 Å². The van der Waals surface area contributed by atoms with E-state index in [1.807, 2.05) is 0 Å². The summed E-state index contributed by atoms with van der Waals surface area (Å²) >= 11 is 0. The van der Waals surface area contributed by atoms with Crippen LogP contribution in [0, 0.1) is 5.41 Å². The quantitative estimate of drug-likeness (QED) is 0.644. The first-order valence-corrected chi connectivity index (χ1v) is 12.7. The summed E-state index contributed by atoms with van der Waals surface area (Å²) in [5.41, 5.74) is 0.779. The summed E-state index contributed by atoms with van der Waals surface area (Å²) in [6.07, 6.45) is 14.8. The zero-order valence-corrected chi connectivity index (χ0v) is 19.9. The van der Waals surface area contributed by atoms with E-state index in [-0.39, 0.29) is 5.60 Å². The summed E-state index contributed by atoms with van der Waals surface area (Å²) in [7, 11) is 4.07. The van der Waals surface area contributed by atoms with Crippen LogP contribution < -0.4 is 0 Å². The summed E-state index contributed by atoms with van der Waals surface area (Å²) in [6.45, 7) is 9.00. The molecule has 1 saturated carbocycles. The van der Waals surface area contributed by atoms with Crippen molar-refractivity contribution in [3.63, 3.8) is 0 Å². The van der Waals surface area contributed by atoms with Crippen LogP contribution >= 0.6 is 0 Å². The highest BCUT2D eigenvalue weighted by molar-refractivity contribution is 4.93. The van der Waals surface area contributed by atoms with Gasteiger partial charge in [0, 0.05) is 32.8 Å². The first-order chi connectivity index (χ1) is 14.5. The summed E-state index contributed by atoms with van der Waals surface area (Å²) in [5, 5.41) is 0. The summed E-state index contributed by atoms with van der Waals surface area (Å²) in [5.74, 6) is 0. The lowest BCUT2D eigenvalue weighted by atomic mass is 9.67. The average molecular weight is 423 g/mol. The molecule has 2 spiro atoms. The van der Waals surface area contributed by atoms with Gasteiger partial charge in [-0.1, -0.05) is 0 Å². The molecule has 0 bridgehead atoms. The molecule has 5 heteroatoms. The molecule has 4 aliphatic rings. The van der Waals surface area contributed by atoms with Gasteiger partial charge in [-0.3, -0.25) is 0 Å². The van der Waals surface area contributed by atoms with Crippen LogP contribution in [-0.2, 0) is 14.2 Å². The molecule has 2 unspecified atom stereocenters. The lowest BCUT2D eigenvalue weighted by molar-refractivity contribution is -0.155. The van der Waals surface area contributed by atoms with E-state index in [0.717, 1.165) is 32.5 Å². The van der Waals surface area contributed by atoms with Crippen molar-refractivity contribution in [1.82, 2.24) is 9.80 Å². The Labute approximate surface area is 184 Å². The molecule has 30 heavy (non-hydrogen) atoms. The van der Waals surface area contributed by atoms with Crippen LogP contribution in [0.1, 0.15) is 77.6 Å². The molecule has 0 N–H and O–H groups in total. The fourth-order valence-corrected chi connectivity index (χ4v) is 6.35. The van der Waals surface area contributed by atoms with Gasteiger partial charge in [-0.05, 0) is 103 Å². The molecule has 4 rings (SSSR count). The van der Waals surface area contributed by atoms with Crippen LogP contribution in [-0.4, -0.2) is 87.2 Å². The number of piperidine rings is 2. The minimum Gasteiger partial charge on any atom is -0.379 e. The van der Waals surface area contributed by atoms with Crippen molar-refractivity contribution in [3.8, 4) is 0 Å². The second-order valence-corrected chi connectivity index (χ2v) is 10.9. The molecule has 0 radical (unpaired) electrons. The highest BCUT2D eigenvalue weighted by atomic mass is 16.5. The van der Waals surface area contributed by atoms with E-state index in [9.17, 15) is 0 Å². The number of nitrogens with zero attached hydrogens (tertiary/aromatic N) is 2. The predicted octanol–water partition coefficient (Wildman–Crippen LogP) is 4.10. The van der Waals surface area contributed by atoms with Gasteiger partial charge in [0.05, 0.1) is 24.4 Å². The SMILES string of the molecule is COC1CCC2(CCN(C(C)CCOC3CCC4(CC3)CCN(C)CC4)CC2)OC1. The van der Waals surface area contributed by atoms with Crippen LogP contribution in [0.5, 0.6) is 0 Å². The molecule has 5 nitrogen and oxygen atoms in total. The number of hydrogen-bond acceptors (Lipinski definition) is 5. The average Bonchev–Trinajstić information content (AvgIpc) is 2.78. The van der Waals surface area contributed by atoms with E-state index in [1.165, 1.54) is 77.5 Å². The van der Waals surface area contributed by atoms with Crippen LogP contribution in [0.4, 0.5) is 0 Å². The Morgan fingerprint density at radius 2 is 1.57 bits per heavy atom. The Morgan fingerprint density at radius 3 is 2.17 bits per heavy atom. The maximum absolute atomic E-state index is 6.36. The molecule has 2 atom stereocenters. The molecule has 1 aliphatic carbocycles. The molecule has 3 heterocycles. The van der Waals surface area contributed by atoms with E-state index in [0.29, 0.717) is 23.7 Å². The highest BCUT2D eigenvalue weighted by Crippen LogP contribution is 2.45. The van der Waals surface area contributed by atoms with E-state index in [1.54, 1.807) is 7.11 Å². The van der Waals surface area contributed by atoms with Crippen LogP contribution in [0.25, 0.3) is 0 Å². The van der Waals surface area contributed by atoms with E-state index < -0.39 is 0 Å². The molecular formula is C25H46N2O3. The van der Waals surface area contributed by atoms with Gasteiger partial charge in [0.15, 0.2) is 0 Å². The van der Waals surface area contributed by atoms with Gasteiger partial charge >= 0.3 is 0 Å². The molecule has 174 valence electrons. The number of hydrogen-bond donors (Lipinski definition) is 0. The fourth-order valence-electron chi connectivity index (χ4n) is 6.35. The molecule has 4 fully saturated rings. The van der Waals surface area contributed by atoms with Crippen molar-refractivity contribution < 1.29 is 14.2 Å². The molecule has 0 amide bonds. The predicted molar refractivity (Wildman–Crippen MR) is 121 cm³/mol. The second-order valence-electron chi connectivity index (χ2n) is 10.9. The summed E-state index contributed by atoms with van der Waals surface area (Å²) < 4.78 is 18.1. The Bertz CT molecular complexity index is 506. The van der Waals surface area contributed by atoms with Crippen molar-refractivity contribution in [2.75, 3.05) is 53.6 Å². The fraction of sp³-hybridized carbons (Fsp3) is 1.00. The van der Waals surface area contributed by atoms with Crippen molar-refractivity contribution >= 4 is 0 Å². The summed E-state index contributed by atoms with van der Waals surface area (Å²) in [6, 6.07) is 0.612. The van der Waals surface area contributed by atoms with Gasteiger partial charge in [0.1, 0.15) is 0 Å². The third-order valence-electron chi connectivity index (χ3n) is 9.09. The Kier molecular flexibility index (Phi) is 7.78. The molecule has 3 aliphatic heterocycles. The summed E-state index contributed by atoms with van der Waals surface area (Å²) in [4.78, 5) is 5.16. The lowest BCUT2D eigenvalue weighted by Gasteiger charge is -2.47. The first-order valence-electron chi connectivity index (χ1n) is 12.7. The molecule has 0 aromatic rings. The normalized spacial score (nSPS) is 33.7. The van der Waals surface area contributed by atoms with E-state index >= 15 is 0 Å². The lowest BCUT2D eigenvalue weighted by Crippen LogP contribution is -2.52. The number of likely N-dealkylation sites (tertiary alicyclic amines) is 2. The molecule has 3 saturated heterocycles. The molecule has 0 aromatic carbocycles.